The number of aldehydes is 1. The second-order valence-electron chi connectivity index (χ2n) is 9.28. The lowest BCUT2D eigenvalue weighted by Crippen LogP contribution is -2.15. The smallest absolute Gasteiger partial charge is 0.337 e. The number of methoxy groups -OCH3 is 1. The molecule has 0 aliphatic heterocycles. The number of benzene rings is 4. The number of hydrogen-bond donors (Lipinski definition) is 0. The van der Waals surface area contributed by atoms with Gasteiger partial charge < -0.3 is 9.30 Å². The van der Waals surface area contributed by atoms with E-state index < -0.39 is 0 Å². The number of fused-ring (bicyclic) bond motifs is 1. The molecule has 1 heterocycles. The Hall–Kier alpha value is -4.15. The molecule has 0 radical (unpaired) electrons. The van der Waals surface area contributed by atoms with Crippen LogP contribution in [0, 0.1) is 0 Å². The Labute approximate surface area is 227 Å². The van der Waals surface area contributed by atoms with Crippen molar-refractivity contribution in [3.05, 3.63) is 142 Å². The van der Waals surface area contributed by atoms with Gasteiger partial charge in [-0.3, -0.25) is 4.79 Å². The lowest BCUT2D eigenvalue weighted by Gasteiger charge is -2.23. The molecule has 0 spiro atoms. The van der Waals surface area contributed by atoms with Crippen molar-refractivity contribution >= 4 is 34.8 Å². The van der Waals surface area contributed by atoms with Crippen LogP contribution >= 0.6 is 11.6 Å². The first kappa shape index (κ1) is 25.5. The number of aromatic nitrogens is 1. The largest absolute Gasteiger partial charge is 0.465 e. The lowest BCUT2D eigenvalue weighted by atomic mass is 9.98. The summed E-state index contributed by atoms with van der Waals surface area (Å²) in [6.07, 6.45) is 3.35. The Morgan fingerprint density at radius 3 is 2.08 bits per heavy atom. The van der Waals surface area contributed by atoms with Gasteiger partial charge in [-0.2, -0.15) is 0 Å². The third-order valence-corrected chi connectivity index (χ3v) is 7.21. The highest BCUT2D eigenvalue weighted by Crippen LogP contribution is 2.37. The zero-order chi connectivity index (χ0) is 26.5. The van der Waals surface area contributed by atoms with E-state index in [1.807, 2.05) is 66.7 Å². The Balaban J connectivity index is 1.55. The normalized spacial score (nSPS) is 11.1. The van der Waals surface area contributed by atoms with E-state index in [1.165, 1.54) is 7.11 Å². The molecule has 38 heavy (non-hydrogen) atoms. The summed E-state index contributed by atoms with van der Waals surface area (Å²) in [6.45, 7) is 0. The molecule has 0 N–H and O–H groups in total. The summed E-state index contributed by atoms with van der Waals surface area (Å²) in [5, 5.41) is 1.64. The first-order valence-corrected chi connectivity index (χ1v) is 13.0. The average molecular weight is 522 g/mol. The fourth-order valence-corrected chi connectivity index (χ4v) is 5.37. The summed E-state index contributed by atoms with van der Waals surface area (Å²) < 4.78 is 6.95. The summed E-state index contributed by atoms with van der Waals surface area (Å²) in [5.74, 6) is -0.344. The molecule has 1 aromatic heterocycles. The molecule has 0 saturated carbocycles. The highest BCUT2D eigenvalue weighted by molar-refractivity contribution is 6.31. The molecule has 5 rings (SSSR count). The predicted octanol–water partition coefficient (Wildman–Crippen LogP) is 7.71. The second-order valence-corrected chi connectivity index (χ2v) is 9.72. The van der Waals surface area contributed by atoms with Gasteiger partial charge in [-0.1, -0.05) is 84.4 Å². The number of esters is 1. The molecule has 0 aliphatic rings. The number of carbonyl (C=O) groups excluding carboxylic acids is 2. The van der Waals surface area contributed by atoms with Crippen molar-refractivity contribution in [1.82, 2.24) is 4.57 Å². The molecule has 0 aliphatic carbocycles. The van der Waals surface area contributed by atoms with Crippen LogP contribution in [0.25, 0.3) is 10.9 Å². The number of rotatable bonds is 9. The van der Waals surface area contributed by atoms with E-state index in [0.29, 0.717) is 22.7 Å². The van der Waals surface area contributed by atoms with Crippen molar-refractivity contribution in [2.75, 3.05) is 7.11 Å². The highest BCUT2D eigenvalue weighted by Gasteiger charge is 2.25. The quantitative estimate of drug-likeness (QED) is 0.147. The van der Waals surface area contributed by atoms with Gasteiger partial charge in [0.15, 0.2) is 6.29 Å². The molecule has 4 nitrogen and oxygen atoms in total. The number of aryl methyl sites for hydroxylation is 2. The molecular weight excluding hydrogens is 494 g/mol. The summed E-state index contributed by atoms with van der Waals surface area (Å²) in [5.41, 5.74) is 6.51. The Kier molecular flexibility index (Phi) is 7.71. The lowest BCUT2D eigenvalue weighted by molar-refractivity contribution is 0.0600. The number of nitrogens with zero attached hydrogens (tertiary/aromatic N) is 1. The zero-order valence-electron chi connectivity index (χ0n) is 21.1. The van der Waals surface area contributed by atoms with Crippen LogP contribution in [0.2, 0.25) is 5.02 Å². The van der Waals surface area contributed by atoms with E-state index in [9.17, 15) is 9.59 Å². The van der Waals surface area contributed by atoms with E-state index >= 15 is 0 Å². The number of ether oxygens (including phenoxy) is 1. The van der Waals surface area contributed by atoms with Crippen molar-refractivity contribution < 1.29 is 14.3 Å². The van der Waals surface area contributed by atoms with Crippen LogP contribution < -0.4 is 0 Å². The van der Waals surface area contributed by atoms with Crippen molar-refractivity contribution in [2.24, 2.45) is 0 Å². The summed E-state index contributed by atoms with van der Waals surface area (Å²) in [7, 11) is 1.38. The third-order valence-electron chi connectivity index (χ3n) is 6.98. The highest BCUT2D eigenvalue weighted by atomic mass is 35.5. The maximum Gasteiger partial charge on any atom is 0.337 e. The van der Waals surface area contributed by atoms with Crippen LogP contribution in [0.3, 0.4) is 0 Å². The maximum atomic E-state index is 12.7. The minimum atomic E-state index is -0.344. The molecule has 0 unspecified atom stereocenters. The molecule has 4 aromatic carbocycles. The summed E-state index contributed by atoms with van der Waals surface area (Å²) >= 11 is 6.46. The van der Waals surface area contributed by atoms with Gasteiger partial charge >= 0.3 is 5.97 Å². The van der Waals surface area contributed by atoms with E-state index in [4.69, 9.17) is 16.3 Å². The van der Waals surface area contributed by atoms with Crippen LogP contribution in [-0.4, -0.2) is 23.9 Å². The van der Waals surface area contributed by atoms with Crippen molar-refractivity contribution in [3.8, 4) is 0 Å². The molecule has 0 atom stereocenters. The molecule has 0 fully saturated rings. The van der Waals surface area contributed by atoms with Gasteiger partial charge in [0.1, 0.15) is 0 Å². The third kappa shape index (κ3) is 5.13. The van der Waals surface area contributed by atoms with Gasteiger partial charge in [0, 0.05) is 15.9 Å². The van der Waals surface area contributed by atoms with Gasteiger partial charge in [-0.15, -0.1) is 0 Å². The first-order chi connectivity index (χ1) is 18.6. The van der Waals surface area contributed by atoms with E-state index in [0.717, 1.165) is 52.3 Å². The number of carbonyl (C=O) groups is 2. The zero-order valence-corrected chi connectivity index (χ0v) is 21.9. The molecule has 5 aromatic rings. The first-order valence-electron chi connectivity index (χ1n) is 12.7. The SMILES string of the molecule is COC(=O)c1ccc(CCCc2c(C=O)n(C(c3ccccc3)c3ccccc3)c3ccc(Cl)cc23)cc1. The molecule has 0 saturated heterocycles. The van der Waals surface area contributed by atoms with E-state index in [1.54, 1.807) is 12.1 Å². The van der Waals surface area contributed by atoms with Crippen LogP contribution in [0.5, 0.6) is 0 Å². The minimum Gasteiger partial charge on any atom is -0.465 e. The molecular formula is C33H28ClNO3. The number of halogens is 1. The van der Waals surface area contributed by atoms with Gasteiger partial charge in [0.2, 0.25) is 0 Å². The molecule has 190 valence electrons. The van der Waals surface area contributed by atoms with E-state index in [-0.39, 0.29) is 12.0 Å². The van der Waals surface area contributed by atoms with Crippen LogP contribution in [-0.2, 0) is 17.6 Å². The Morgan fingerprint density at radius 1 is 0.868 bits per heavy atom. The number of hydrogen-bond acceptors (Lipinski definition) is 3. The van der Waals surface area contributed by atoms with Crippen LogP contribution in [0.15, 0.2) is 103 Å². The fourth-order valence-electron chi connectivity index (χ4n) is 5.20. The minimum absolute atomic E-state index is 0.166. The molecule has 5 heteroatoms. The predicted molar refractivity (Wildman–Crippen MR) is 152 cm³/mol. The topological polar surface area (TPSA) is 48.3 Å². The molecule has 0 amide bonds. The Bertz CT molecular complexity index is 1520. The van der Waals surface area contributed by atoms with Crippen molar-refractivity contribution in [2.45, 2.75) is 25.3 Å². The summed E-state index contributed by atoms with van der Waals surface area (Å²) in [6, 6.07) is 33.7. The fraction of sp³-hybridized carbons (Fsp3) is 0.152. The van der Waals surface area contributed by atoms with Crippen molar-refractivity contribution in [3.63, 3.8) is 0 Å². The van der Waals surface area contributed by atoms with Crippen LogP contribution in [0.1, 0.15) is 55.6 Å². The van der Waals surface area contributed by atoms with Crippen LogP contribution in [0.4, 0.5) is 0 Å². The van der Waals surface area contributed by atoms with Crippen molar-refractivity contribution in [1.29, 1.82) is 0 Å². The maximum absolute atomic E-state index is 12.7. The Morgan fingerprint density at radius 2 is 1.50 bits per heavy atom. The van der Waals surface area contributed by atoms with Gasteiger partial charge in [-0.05, 0) is 71.8 Å². The van der Waals surface area contributed by atoms with Gasteiger partial charge in [-0.25, -0.2) is 4.79 Å². The second kappa shape index (κ2) is 11.5. The average Bonchev–Trinajstić information content (AvgIpc) is 3.26. The van der Waals surface area contributed by atoms with Gasteiger partial charge in [0.05, 0.1) is 24.4 Å². The molecule has 0 bridgehead atoms. The monoisotopic (exact) mass is 521 g/mol. The summed E-state index contributed by atoms with van der Waals surface area (Å²) in [4.78, 5) is 24.5. The van der Waals surface area contributed by atoms with E-state index in [2.05, 4.69) is 28.8 Å². The van der Waals surface area contributed by atoms with Gasteiger partial charge in [0.25, 0.3) is 0 Å². The standard InChI is InChI=1S/C33H28ClNO3/c1-38-33(37)26-17-15-23(16-18-26)9-8-14-28-29-21-27(34)19-20-30(29)35(31(28)22-36)32(24-10-4-2-5-11-24)25-12-6-3-7-13-25/h2-7,10-13,15-22,32H,8-9,14H2,1H3.